The highest BCUT2D eigenvalue weighted by Gasteiger charge is 2.10. The maximum Gasteiger partial charge on any atom is 0.155 e. The zero-order valence-corrected chi connectivity index (χ0v) is 10.9. The van der Waals surface area contributed by atoms with Gasteiger partial charge in [-0.05, 0) is 34.6 Å². The van der Waals surface area contributed by atoms with E-state index in [9.17, 15) is 0 Å². The Morgan fingerprint density at radius 2 is 2.35 bits per heavy atom. The lowest BCUT2D eigenvalue weighted by Crippen LogP contribution is -2.04. The largest absolute Gasteiger partial charge is 0.365 e. The molecule has 2 rings (SSSR count). The molecule has 0 bridgehead atoms. The van der Waals surface area contributed by atoms with Crippen molar-refractivity contribution in [2.45, 2.75) is 6.42 Å². The first kappa shape index (κ1) is 12.1. The molecule has 0 radical (unpaired) electrons. The van der Waals surface area contributed by atoms with E-state index in [1.165, 1.54) is 0 Å². The minimum atomic E-state index is 0.573. The van der Waals surface area contributed by atoms with E-state index in [4.69, 9.17) is 5.73 Å². The molecule has 2 aromatic rings. The lowest BCUT2D eigenvalue weighted by molar-refractivity contribution is 0.891. The molecule has 0 aromatic carbocycles. The Morgan fingerprint density at radius 1 is 1.53 bits per heavy atom. The molecule has 0 aliphatic rings. The third-order valence-corrected chi connectivity index (χ3v) is 3.09. The van der Waals surface area contributed by atoms with Crippen molar-refractivity contribution in [3.05, 3.63) is 35.1 Å². The standard InChI is InChI=1S/C11H14BrN5/c1-2-7-14-9-3-4-10-15-8(5-6-13)11(12)17(10)16-9/h2-4H,1,5-7,13H2,(H,14,16). The minimum Gasteiger partial charge on any atom is -0.365 e. The zero-order chi connectivity index (χ0) is 12.3. The molecule has 0 aliphatic heterocycles. The molecule has 0 aliphatic carbocycles. The Balaban J connectivity index is 2.38. The van der Waals surface area contributed by atoms with E-state index in [1.54, 1.807) is 10.6 Å². The zero-order valence-electron chi connectivity index (χ0n) is 9.36. The van der Waals surface area contributed by atoms with Crippen molar-refractivity contribution in [2.75, 3.05) is 18.4 Å². The molecule has 0 amide bonds. The fraction of sp³-hybridized carbons (Fsp3) is 0.273. The van der Waals surface area contributed by atoms with Gasteiger partial charge in [-0.1, -0.05) is 6.08 Å². The van der Waals surface area contributed by atoms with Gasteiger partial charge in [0.25, 0.3) is 0 Å². The molecule has 0 spiro atoms. The summed E-state index contributed by atoms with van der Waals surface area (Å²) in [4.78, 5) is 4.45. The Kier molecular flexibility index (Phi) is 3.75. The maximum absolute atomic E-state index is 5.53. The van der Waals surface area contributed by atoms with E-state index >= 15 is 0 Å². The topological polar surface area (TPSA) is 68.2 Å². The van der Waals surface area contributed by atoms with Crippen LogP contribution in [0.25, 0.3) is 5.65 Å². The Labute approximate surface area is 108 Å². The molecule has 90 valence electrons. The van der Waals surface area contributed by atoms with Gasteiger partial charge in [0.15, 0.2) is 5.65 Å². The van der Waals surface area contributed by atoms with Gasteiger partial charge < -0.3 is 11.1 Å². The lowest BCUT2D eigenvalue weighted by Gasteiger charge is -2.02. The van der Waals surface area contributed by atoms with Gasteiger partial charge in [0, 0.05) is 13.0 Å². The molecule has 2 aromatic heterocycles. The van der Waals surface area contributed by atoms with Crippen LogP contribution in [0, 0.1) is 0 Å². The number of aromatic nitrogens is 3. The van der Waals surface area contributed by atoms with Crippen molar-refractivity contribution in [3.63, 3.8) is 0 Å². The number of nitrogens with two attached hydrogens (primary N) is 1. The summed E-state index contributed by atoms with van der Waals surface area (Å²) in [6.07, 6.45) is 2.52. The average molecular weight is 296 g/mol. The molecular weight excluding hydrogens is 282 g/mol. The Hall–Kier alpha value is -1.40. The van der Waals surface area contributed by atoms with Crippen LogP contribution in [-0.2, 0) is 6.42 Å². The number of nitrogens with one attached hydrogen (secondary N) is 1. The van der Waals surface area contributed by atoms with E-state index in [0.29, 0.717) is 13.1 Å². The second-order valence-corrected chi connectivity index (χ2v) is 4.30. The number of fused-ring (bicyclic) bond motifs is 1. The van der Waals surface area contributed by atoms with Crippen molar-refractivity contribution < 1.29 is 0 Å². The van der Waals surface area contributed by atoms with Crippen LogP contribution in [0.1, 0.15) is 5.69 Å². The second-order valence-electron chi connectivity index (χ2n) is 3.55. The molecule has 2 heterocycles. The number of hydrogen-bond acceptors (Lipinski definition) is 4. The fourth-order valence-corrected chi connectivity index (χ4v) is 2.07. The monoisotopic (exact) mass is 295 g/mol. The number of nitrogens with zero attached hydrogens (tertiary/aromatic N) is 3. The highest BCUT2D eigenvalue weighted by Crippen LogP contribution is 2.19. The highest BCUT2D eigenvalue weighted by molar-refractivity contribution is 9.10. The van der Waals surface area contributed by atoms with Gasteiger partial charge in [0.05, 0.1) is 5.69 Å². The number of rotatable bonds is 5. The van der Waals surface area contributed by atoms with Crippen molar-refractivity contribution >= 4 is 27.4 Å². The maximum atomic E-state index is 5.53. The van der Waals surface area contributed by atoms with Gasteiger partial charge >= 0.3 is 0 Å². The predicted octanol–water partition coefficient (Wildman–Crippen LogP) is 1.59. The molecule has 17 heavy (non-hydrogen) atoms. The molecule has 6 heteroatoms. The molecule has 5 nitrogen and oxygen atoms in total. The minimum absolute atomic E-state index is 0.573. The van der Waals surface area contributed by atoms with Gasteiger partial charge in [-0.15, -0.1) is 11.7 Å². The fourth-order valence-electron chi connectivity index (χ4n) is 1.52. The molecule has 3 N–H and O–H groups in total. The van der Waals surface area contributed by atoms with Crippen LogP contribution in [-0.4, -0.2) is 27.7 Å². The summed E-state index contributed by atoms with van der Waals surface area (Å²) in [5.74, 6) is 0.787. The summed E-state index contributed by atoms with van der Waals surface area (Å²) in [6.45, 7) is 4.91. The first-order valence-electron chi connectivity index (χ1n) is 5.35. The SMILES string of the molecule is C=CCNc1ccc2nc(CCN)c(Br)n2n1. The molecule has 0 fully saturated rings. The van der Waals surface area contributed by atoms with Crippen LogP contribution < -0.4 is 11.1 Å². The highest BCUT2D eigenvalue weighted by atomic mass is 79.9. The van der Waals surface area contributed by atoms with Crippen molar-refractivity contribution in [1.82, 2.24) is 14.6 Å². The van der Waals surface area contributed by atoms with Crippen molar-refractivity contribution in [2.24, 2.45) is 5.73 Å². The predicted molar refractivity (Wildman–Crippen MR) is 72.1 cm³/mol. The number of halogens is 1. The van der Waals surface area contributed by atoms with E-state index < -0.39 is 0 Å². The van der Waals surface area contributed by atoms with Gasteiger partial charge in [0.2, 0.25) is 0 Å². The molecule has 0 saturated heterocycles. The van der Waals surface area contributed by atoms with Gasteiger partial charge in [0.1, 0.15) is 10.4 Å². The number of anilines is 1. The summed E-state index contributed by atoms with van der Waals surface area (Å²) in [5, 5.41) is 7.55. The van der Waals surface area contributed by atoms with Crippen LogP contribution in [0.4, 0.5) is 5.82 Å². The number of hydrogen-bond donors (Lipinski definition) is 2. The normalized spacial score (nSPS) is 10.7. The third-order valence-electron chi connectivity index (χ3n) is 2.30. The molecule has 0 unspecified atom stereocenters. The Morgan fingerprint density at radius 3 is 3.06 bits per heavy atom. The van der Waals surface area contributed by atoms with Gasteiger partial charge in [-0.2, -0.15) is 0 Å². The molecule has 0 atom stereocenters. The first-order chi connectivity index (χ1) is 8.26. The van der Waals surface area contributed by atoms with E-state index in [0.717, 1.165) is 28.2 Å². The van der Waals surface area contributed by atoms with Crippen LogP contribution in [0.2, 0.25) is 0 Å². The summed E-state index contributed by atoms with van der Waals surface area (Å²) >= 11 is 3.49. The van der Waals surface area contributed by atoms with Gasteiger partial charge in [-0.25, -0.2) is 9.50 Å². The van der Waals surface area contributed by atoms with Crippen LogP contribution in [0.15, 0.2) is 29.4 Å². The van der Waals surface area contributed by atoms with Crippen LogP contribution in [0.3, 0.4) is 0 Å². The molecule has 0 saturated carbocycles. The molecular formula is C11H14BrN5. The van der Waals surface area contributed by atoms with Crippen LogP contribution in [0.5, 0.6) is 0 Å². The summed E-state index contributed by atoms with van der Waals surface area (Å²) < 4.78 is 2.62. The average Bonchev–Trinajstić information content (AvgIpc) is 2.65. The number of imidazole rings is 1. The third kappa shape index (κ3) is 2.48. The smallest absolute Gasteiger partial charge is 0.155 e. The van der Waals surface area contributed by atoms with Crippen molar-refractivity contribution in [1.29, 1.82) is 0 Å². The Bertz CT molecular complexity index is 534. The lowest BCUT2D eigenvalue weighted by atomic mass is 10.3. The second kappa shape index (κ2) is 5.29. The van der Waals surface area contributed by atoms with E-state index in [1.807, 2.05) is 12.1 Å². The van der Waals surface area contributed by atoms with Gasteiger partial charge in [-0.3, -0.25) is 0 Å². The van der Waals surface area contributed by atoms with Crippen LogP contribution >= 0.6 is 15.9 Å². The van der Waals surface area contributed by atoms with E-state index in [-0.39, 0.29) is 0 Å². The summed E-state index contributed by atoms with van der Waals surface area (Å²) in [7, 11) is 0. The van der Waals surface area contributed by atoms with Crippen molar-refractivity contribution in [3.8, 4) is 0 Å². The summed E-state index contributed by atoms with van der Waals surface area (Å²) in [5.41, 5.74) is 7.27. The summed E-state index contributed by atoms with van der Waals surface area (Å²) in [6, 6.07) is 3.81. The quantitative estimate of drug-likeness (QED) is 0.822. The first-order valence-corrected chi connectivity index (χ1v) is 6.14. The van der Waals surface area contributed by atoms with E-state index in [2.05, 4.69) is 37.9 Å².